The number of nitrogens with zero attached hydrogens (tertiary/aromatic N) is 4. The number of carbonyl (C=O) groups excluding carboxylic acids is 1. The zero-order valence-electron chi connectivity index (χ0n) is 24.9. The van der Waals surface area contributed by atoms with Crippen LogP contribution in [0.5, 0.6) is 11.5 Å². The summed E-state index contributed by atoms with van der Waals surface area (Å²) in [6, 6.07) is 15.6. The first-order chi connectivity index (χ1) is 22.2. The van der Waals surface area contributed by atoms with E-state index in [4.69, 9.17) is 19.3 Å². The van der Waals surface area contributed by atoms with Gasteiger partial charge in [-0.05, 0) is 54.6 Å². The highest BCUT2D eigenvalue weighted by Crippen LogP contribution is 2.34. The van der Waals surface area contributed by atoms with Gasteiger partial charge in [0.15, 0.2) is 5.82 Å². The standard InChI is InChI=1S/C32H30F3N7O4/c1-44-23-8-5-20(25(16-23)45-2)17-39-30-29-24(10-12-38-30)28(26-18-36-13-14-46-26)41-42(29)22-6-3-19(4-7-22)31(43)40-27-15-21(9-11-37-27)32(33,34)35/h3-12,15-16,26,36H,13-14,17-18H2,1-2H3,(H,38,39)(H,37,40,43)/t26-/m1/s1. The fourth-order valence-corrected chi connectivity index (χ4v) is 5.18. The van der Waals surface area contributed by atoms with E-state index < -0.39 is 17.6 Å². The van der Waals surface area contributed by atoms with Gasteiger partial charge in [-0.2, -0.15) is 18.3 Å². The van der Waals surface area contributed by atoms with Gasteiger partial charge >= 0.3 is 6.18 Å². The van der Waals surface area contributed by atoms with E-state index in [0.717, 1.165) is 41.5 Å². The molecule has 1 aliphatic rings. The van der Waals surface area contributed by atoms with Gasteiger partial charge in [0, 0.05) is 54.6 Å². The molecule has 5 aromatic rings. The Bertz CT molecular complexity index is 1860. The van der Waals surface area contributed by atoms with E-state index in [1.807, 2.05) is 24.3 Å². The monoisotopic (exact) mass is 633 g/mol. The maximum atomic E-state index is 13.1. The summed E-state index contributed by atoms with van der Waals surface area (Å²) in [4.78, 5) is 21.4. The quantitative estimate of drug-likeness (QED) is 0.196. The van der Waals surface area contributed by atoms with Crippen LogP contribution in [0.15, 0.2) is 73.1 Å². The van der Waals surface area contributed by atoms with Crippen LogP contribution >= 0.6 is 0 Å². The van der Waals surface area contributed by atoms with Gasteiger partial charge in [-0.1, -0.05) is 0 Å². The second-order valence-electron chi connectivity index (χ2n) is 10.4. The molecule has 1 amide bonds. The Kier molecular flexibility index (Phi) is 8.72. The van der Waals surface area contributed by atoms with Gasteiger partial charge in [0.2, 0.25) is 0 Å². The van der Waals surface area contributed by atoms with E-state index >= 15 is 0 Å². The first-order valence-corrected chi connectivity index (χ1v) is 14.3. The van der Waals surface area contributed by atoms with Gasteiger partial charge in [-0.15, -0.1) is 0 Å². The molecule has 4 heterocycles. The molecule has 1 fully saturated rings. The maximum Gasteiger partial charge on any atom is 0.416 e. The second kappa shape index (κ2) is 13.0. The molecule has 0 spiro atoms. The fourth-order valence-electron chi connectivity index (χ4n) is 5.18. The number of pyridine rings is 2. The fraction of sp³-hybridized carbons (Fsp3) is 0.250. The number of nitrogens with one attached hydrogen (secondary N) is 3. The van der Waals surface area contributed by atoms with Crippen molar-refractivity contribution in [2.24, 2.45) is 0 Å². The first kappa shape index (κ1) is 30.8. The Morgan fingerprint density at radius 3 is 2.57 bits per heavy atom. The van der Waals surface area contributed by atoms with Crippen molar-refractivity contribution in [2.45, 2.75) is 18.8 Å². The molecule has 46 heavy (non-hydrogen) atoms. The number of methoxy groups -OCH3 is 2. The number of benzene rings is 2. The predicted molar refractivity (Wildman–Crippen MR) is 164 cm³/mol. The lowest BCUT2D eigenvalue weighted by Crippen LogP contribution is -2.33. The molecular formula is C32H30F3N7O4. The number of ether oxygens (including phenoxy) is 3. The summed E-state index contributed by atoms with van der Waals surface area (Å²) in [6.45, 7) is 2.26. The van der Waals surface area contributed by atoms with Gasteiger partial charge in [-0.25, -0.2) is 14.6 Å². The molecular weight excluding hydrogens is 603 g/mol. The molecule has 0 radical (unpaired) electrons. The Morgan fingerprint density at radius 2 is 1.85 bits per heavy atom. The Hall–Kier alpha value is -5.21. The number of anilines is 2. The van der Waals surface area contributed by atoms with E-state index in [1.54, 1.807) is 49.4 Å². The summed E-state index contributed by atoms with van der Waals surface area (Å²) in [7, 11) is 3.19. The molecule has 3 aromatic heterocycles. The Morgan fingerprint density at radius 1 is 1.04 bits per heavy atom. The van der Waals surface area contributed by atoms with Crippen molar-refractivity contribution in [1.29, 1.82) is 0 Å². The van der Waals surface area contributed by atoms with E-state index in [9.17, 15) is 18.0 Å². The van der Waals surface area contributed by atoms with Crippen LogP contribution < -0.4 is 25.4 Å². The molecule has 238 valence electrons. The zero-order chi connectivity index (χ0) is 32.3. The summed E-state index contributed by atoms with van der Waals surface area (Å²) < 4.78 is 58.0. The molecule has 0 unspecified atom stereocenters. The van der Waals surface area contributed by atoms with Crippen LogP contribution in [-0.2, 0) is 17.5 Å². The van der Waals surface area contributed by atoms with E-state index in [-0.39, 0.29) is 17.5 Å². The number of fused-ring (bicyclic) bond motifs is 1. The minimum atomic E-state index is -4.56. The van der Waals surface area contributed by atoms with Gasteiger partial charge in [0.25, 0.3) is 5.91 Å². The van der Waals surface area contributed by atoms with Crippen LogP contribution in [0.25, 0.3) is 16.6 Å². The number of halogens is 3. The van der Waals surface area contributed by atoms with Crippen molar-refractivity contribution in [1.82, 2.24) is 25.1 Å². The summed E-state index contributed by atoms with van der Waals surface area (Å²) in [5.74, 6) is 1.08. The molecule has 14 heteroatoms. The third-order valence-corrected chi connectivity index (χ3v) is 7.50. The summed E-state index contributed by atoms with van der Waals surface area (Å²) >= 11 is 0. The van der Waals surface area contributed by atoms with E-state index in [2.05, 4.69) is 25.9 Å². The normalized spacial score (nSPS) is 15.0. The number of amides is 1. The molecule has 0 bridgehead atoms. The molecule has 0 saturated carbocycles. The third-order valence-electron chi connectivity index (χ3n) is 7.50. The molecule has 3 N–H and O–H groups in total. The van der Waals surface area contributed by atoms with Crippen LogP contribution in [0.3, 0.4) is 0 Å². The number of hydrogen-bond donors (Lipinski definition) is 3. The molecule has 1 saturated heterocycles. The minimum absolute atomic E-state index is 0.206. The number of carbonyl (C=O) groups is 1. The van der Waals surface area contributed by atoms with Gasteiger partial charge in [0.1, 0.15) is 34.6 Å². The van der Waals surface area contributed by atoms with Crippen LogP contribution in [0.1, 0.15) is 33.3 Å². The first-order valence-electron chi connectivity index (χ1n) is 14.3. The lowest BCUT2D eigenvalue weighted by atomic mass is 10.1. The Labute approximate surface area is 261 Å². The van der Waals surface area contributed by atoms with Crippen LogP contribution in [0.2, 0.25) is 0 Å². The van der Waals surface area contributed by atoms with Crippen molar-refractivity contribution >= 4 is 28.4 Å². The highest BCUT2D eigenvalue weighted by molar-refractivity contribution is 6.04. The highest BCUT2D eigenvalue weighted by Gasteiger charge is 2.31. The van der Waals surface area contributed by atoms with Crippen molar-refractivity contribution in [3.8, 4) is 17.2 Å². The predicted octanol–water partition coefficient (Wildman–Crippen LogP) is 5.38. The molecule has 6 rings (SSSR count). The number of alkyl halides is 3. The summed E-state index contributed by atoms with van der Waals surface area (Å²) in [5.41, 5.74) is 2.26. The third kappa shape index (κ3) is 6.43. The lowest BCUT2D eigenvalue weighted by Gasteiger charge is -2.22. The SMILES string of the molecule is COc1ccc(CNc2nccc3c([C@H]4CNCCO4)nn(-c4ccc(C(=O)Nc5cc(C(F)(F)F)ccn5)cc4)c23)c(OC)c1. The van der Waals surface area contributed by atoms with Crippen molar-refractivity contribution in [2.75, 3.05) is 44.5 Å². The van der Waals surface area contributed by atoms with Gasteiger partial charge < -0.3 is 30.2 Å². The van der Waals surface area contributed by atoms with Crippen molar-refractivity contribution in [3.63, 3.8) is 0 Å². The molecule has 1 atom stereocenters. The molecule has 2 aromatic carbocycles. The largest absolute Gasteiger partial charge is 0.497 e. The maximum absolute atomic E-state index is 13.1. The van der Waals surface area contributed by atoms with Crippen LogP contribution in [0, 0.1) is 0 Å². The number of hydrogen-bond acceptors (Lipinski definition) is 9. The zero-order valence-corrected chi connectivity index (χ0v) is 24.9. The molecule has 0 aliphatic carbocycles. The average molecular weight is 634 g/mol. The second-order valence-corrected chi connectivity index (χ2v) is 10.4. The number of morpholine rings is 1. The molecule has 1 aliphatic heterocycles. The lowest BCUT2D eigenvalue weighted by molar-refractivity contribution is -0.137. The highest BCUT2D eigenvalue weighted by atomic mass is 19.4. The van der Waals surface area contributed by atoms with Crippen molar-refractivity contribution in [3.05, 3.63) is 95.4 Å². The molecule has 11 nitrogen and oxygen atoms in total. The Balaban J connectivity index is 1.32. The van der Waals surface area contributed by atoms with Gasteiger partial charge in [-0.3, -0.25) is 4.79 Å². The number of rotatable bonds is 9. The van der Waals surface area contributed by atoms with Gasteiger partial charge in [0.05, 0.1) is 32.1 Å². The number of aromatic nitrogens is 4. The topological polar surface area (TPSA) is 124 Å². The summed E-state index contributed by atoms with van der Waals surface area (Å²) in [5, 5.41) is 15.0. The van der Waals surface area contributed by atoms with Crippen molar-refractivity contribution < 1.29 is 32.2 Å². The van der Waals surface area contributed by atoms with Crippen LogP contribution in [-0.4, -0.2) is 59.6 Å². The van der Waals surface area contributed by atoms with E-state index in [0.29, 0.717) is 48.2 Å². The average Bonchev–Trinajstić information content (AvgIpc) is 3.48. The smallest absolute Gasteiger partial charge is 0.416 e. The van der Waals surface area contributed by atoms with E-state index in [1.165, 1.54) is 0 Å². The summed E-state index contributed by atoms with van der Waals surface area (Å²) in [6.07, 6.45) is -2.15. The minimum Gasteiger partial charge on any atom is -0.497 e. The van der Waals surface area contributed by atoms with Crippen LogP contribution in [0.4, 0.5) is 24.8 Å².